The molecule has 1 amide bonds. The summed E-state index contributed by atoms with van der Waals surface area (Å²) in [5.74, 6) is -0.726. The Labute approximate surface area is 178 Å². The Morgan fingerprint density at radius 1 is 1.19 bits per heavy atom. The first-order valence-electron chi connectivity index (χ1n) is 9.58. The number of nitrogens with zero attached hydrogens (tertiary/aromatic N) is 1. The lowest BCUT2D eigenvalue weighted by Crippen LogP contribution is -2.49. The van der Waals surface area contributed by atoms with E-state index in [9.17, 15) is 34.5 Å². The highest BCUT2D eigenvalue weighted by molar-refractivity contribution is 5.87. The molecule has 1 saturated heterocycles. The average molecular weight is 445 g/mol. The summed E-state index contributed by atoms with van der Waals surface area (Å²) in [6, 6.07) is 5.20. The van der Waals surface area contributed by atoms with Crippen LogP contribution in [0.3, 0.4) is 0 Å². The number of amides is 1. The number of phenolic OH excluding ortho intramolecular Hbond substituents is 1. The topological polar surface area (TPSA) is 184 Å². The zero-order valence-electron chi connectivity index (χ0n) is 16.4. The zero-order chi connectivity index (χ0) is 23.0. The molecule has 1 unspecified atom stereocenters. The molecule has 168 valence electrons. The number of H-pyrrole nitrogens is 1. The molecule has 1 aromatic carbocycles. The molecule has 4 atom stereocenters. The largest absolute Gasteiger partial charge is 0.508 e. The molecule has 12 nitrogen and oxygen atoms in total. The van der Waals surface area contributed by atoms with Gasteiger partial charge in [0, 0.05) is 29.8 Å². The number of aliphatic hydroxyl groups is 2. The van der Waals surface area contributed by atoms with Crippen LogP contribution in [-0.4, -0.2) is 55.6 Å². The van der Waals surface area contributed by atoms with Crippen LogP contribution >= 0.6 is 0 Å². The normalized spacial score (nSPS) is 22.8. The number of aromatic hydroxyl groups is 1. The molecule has 0 bridgehead atoms. The Morgan fingerprint density at radius 2 is 1.97 bits per heavy atom. The molecule has 3 heterocycles. The lowest BCUT2D eigenvalue weighted by atomic mass is 10.0. The molecule has 0 radical (unpaired) electrons. The second-order valence-corrected chi connectivity index (χ2v) is 7.30. The number of carbonyl (C=O) groups is 1. The maximum atomic E-state index is 12.8. The van der Waals surface area contributed by atoms with Crippen molar-refractivity contribution in [2.45, 2.75) is 30.9 Å². The van der Waals surface area contributed by atoms with Crippen LogP contribution in [0.25, 0.3) is 11.0 Å². The van der Waals surface area contributed by atoms with E-state index in [-0.39, 0.29) is 17.8 Å². The van der Waals surface area contributed by atoms with Crippen LogP contribution in [0.1, 0.15) is 11.8 Å². The Bertz CT molecular complexity index is 1340. The van der Waals surface area contributed by atoms with Crippen LogP contribution in [0, 0.1) is 0 Å². The van der Waals surface area contributed by atoms with Crippen molar-refractivity contribution in [3.63, 3.8) is 0 Å². The number of aliphatic hydroxyl groups excluding tert-OH is 2. The number of aromatic nitrogens is 2. The summed E-state index contributed by atoms with van der Waals surface area (Å²) in [5, 5.41) is 32.6. The van der Waals surface area contributed by atoms with Crippen LogP contribution in [-0.2, 0) is 16.0 Å². The second kappa shape index (κ2) is 8.42. The Hall–Kier alpha value is -3.74. The van der Waals surface area contributed by atoms with Gasteiger partial charge < -0.3 is 29.8 Å². The second-order valence-electron chi connectivity index (χ2n) is 7.30. The molecule has 4 rings (SSSR count). The average Bonchev–Trinajstić information content (AvgIpc) is 3.02. The number of benzene rings is 1. The molecule has 5 N–H and O–H groups in total. The minimum absolute atomic E-state index is 0.0996. The van der Waals surface area contributed by atoms with Crippen LogP contribution in [0.2, 0.25) is 0 Å². The summed E-state index contributed by atoms with van der Waals surface area (Å²) in [6.07, 6.45) is -2.78. The summed E-state index contributed by atoms with van der Waals surface area (Å²) in [5.41, 5.74) is -1.75. The van der Waals surface area contributed by atoms with Gasteiger partial charge in [-0.25, -0.2) is 9.59 Å². The van der Waals surface area contributed by atoms with E-state index >= 15 is 0 Å². The molecule has 1 aliphatic rings. The molecule has 3 aromatic rings. The maximum absolute atomic E-state index is 12.8. The zero-order valence-corrected chi connectivity index (χ0v) is 16.4. The Kier molecular flexibility index (Phi) is 5.65. The molecule has 12 heteroatoms. The first kappa shape index (κ1) is 21.5. The van der Waals surface area contributed by atoms with E-state index in [0.717, 1.165) is 22.9 Å². The van der Waals surface area contributed by atoms with E-state index in [1.807, 2.05) is 0 Å². The predicted molar refractivity (Wildman–Crippen MR) is 108 cm³/mol. The van der Waals surface area contributed by atoms with E-state index in [0.29, 0.717) is 10.9 Å². The minimum atomic E-state index is -1.36. The Morgan fingerprint density at radius 3 is 2.69 bits per heavy atom. The van der Waals surface area contributed by atoms with E-state index in [4.69, 9.17) is 9.15 Å². The number of ether oxygens (including phenoxy) is 1. The fraction of sp³-hybridized carbons (Fsp3) is 0.300. The predicted octanol–water partition coefficient (Wildman–Crippen LogP) is -1.67. The summed E-state index contributed by atoms with van der Waals surface area (Å²) in [7, 11) is 0. The van der Waals surface area contributed by atoms with Crippen molar-refractivity contribution in [3.8, 4) is 5.75 Å². The monoisotopic (exact) mass is 445 g/mol. The molecule has 0 aliphatic carbocycles. The van der Waals surface area contributed by atoms with Gasteiger partial charge in [0.15, 0.2) is 6.23 Å². The first-order chi connectivity index (χ1) is 15.3. The number of phenols is 1. The van der Waals surface area contributed by atoms with Crippen molar-refractivity contribution in [3.05, 3.63) is 73.4 Å². The lowest BCUT2D eigenvalue weighted by molar-refractivity contribution is -0.122. The summed E-state index contributed by atoms with van der Waals surface area (Å²) in [6.45, 7) is -0.573. The lowest BCUT2D eigenvalue weighted by Gasteiger charge is -2.23. The third-order valence-corrected chi connectivity index (χ3v) is 5.17. The maximum Gasteiger partial charge on any atom is 0.336 e. The molecule has 32 heavy (non-hydrogen) atoms. The van der Waals surface area contributed by atoms with E-state index < -0.39 is 53.9 Å². The van der Waals surface area contributed by atoms with Gasteiger partial charge in [-0.2, -0.15) is 0 Å². The molecule has 0 spiro atoms. The quantitative estimate of drug-likeness (QED) is 0.286. The third kappa shape index (κ3) is 4.06. The van der Waals surface area contributed by atoms with Gasteiger partial charge in [-0.3, -0.25) is 19.1 Å². The summed E-state index contributed by atoms with van der Waals surface area (Å²) in [4.78, 5) is 50.2. The van der Waals surface area contributed by atoms with Gasteiger partial charge in [-0.1, -0.05) is 0 Å². The van der Waals surface area contributed by atoms with Crippen LogP contribution in [0.4, 0.5) is 0 Å². The van der Waals surface area contributed by atoms with E-state index in [1.165, 1.54) is 18.2 Å². The van der Waals surface area contributed by atoms with Crippen molar-refractivity contribution in [1.29, 1.82) is 0 Å². The first-order valence-corrected chi connectivity index (χ1v) is 9.58. The number of carbonyl (C=O) groups excluding carboxylic acids is 1. The van der Waals surface area contributed by atoms with Crippen molar-refractivity contribution < 1.29 is 29.3 Å². The number of fused-ring (bicyclic) bond motifs is 1. The summed E-state index contributed by atoms with van der Waals surface area (Å²) < 4.78 is 11.6. The fourth-order valence-electron chi connectivity index (χ4n) is 3.69. The Balaban J connectivity index is 1.62. The SMILES string of the molecule is O=C(Cc1cc(=O)oc2cc(O)ccc12)NC1[C@@H](O)[C@@H](CO)O[C@H]1n1ccc(=O)[nH]c1=O. The summed E-state index contributed by atoms with van der Waals surface area (Å²) >= 11 is 0. The van der Waals surface area contributed by atoms with E-state index in [2.05, 4.69) is 10.3 Å². The fourth-order valence-corrected chi connectivity index (χ4v) is 3.69. The van der Waals surface area contributed by atoms with Gasteiger partial charge >= 0.3 is 11.3 Å². The molecule has 1 fully saturated rings. The van der Waals surface area contributed by atoms with Gasteiger partial charge in [0.1, 0.15) is 29.6 Å². The highest BCUT2D eigenvalue weighted by Gasteiger charge is 2.45. The van der Waals surface area contributed by atoms with Crippen molar-refractivity contribution in [2.24, 2.45) is 0 Å². The standard InChI is InChI=1S/C20H19N3O9/c24-8-13-18(29)17(19(32-13)23-4-3-14(26)22-20(23)30)21-15(27)5-9-6-16(28)31-12-7-10(25)1-2-11(9)12/h1-4,6-7,13,17-19,24-25,29H,5,8H2,(H,21,27)(H,22,26,30)/t13-,17?,18+,19-/m1/s1. The molecular weight excluding hydrogens is 426 g/mol. The van der Waals surface area contributed by atoms with Gasteiger partial charge in [0.05, 0.1) is 13.0 Å². The van der Waals surface area contributed by atoms with Crippen molar-refractivity contribution >= 4 is 16.9 Å². The van der Waals surface area contributed by atoms with Gasteiger partial charge in [-0.15, -0.1) is 0 Å². The van der Waals surface area contributed by atoms with Gasteiger partial charge in [-0.05, 0) is 17.7 Å². The van der Waals surface area contributed by atoms with Crippen molar-refractivity contribution in [2.75, 3.05) is 6.61 Å². The van der Waals surface area contributed by atoms with Gasteiger partial charge in [0.25, 0.3) is 5.56 Å². The molecule has 2 aromatic heterocycles. The number of aromatic amines is 1. The number of hydrogen-bond acceptors (Lipinski definition) is 9. The van der Waals surface area contributed by atoms with Crippen LogP contribution in [0.5, 0.6) is 5.75 Å². The smallest absolute Gasteiger partial charge is 0.336 e. The van der Waals surface area contributed by atoms with Crippen molar-refractivity contribution in [1.82, 2.24) is 14.9 Å². The van der Waals surface area contributed by atoms with E-state index in [1.54, 1.807) is 0 Å². The highest BCUT2D eigenvalue weighted by atomic mass is 16.5. The van der Waals surface area contributed by atoms with Crippen LogP contribution < -0.4 is 22.2 Å². The van der Waals surface area contributed by atoms with Gasteiger partial charge in [0.2, 0.25) is 5.91 Å². The number of rotatable bonds is 5. The third-order valence-electron chi connectivity index (χ3n) is 5.17. The molecular formula is C20H19N3O9. The number of hydrogen-bond donors (Lipinski definition) is 5. The number of nitrogens with one attached hydrogen (secondary N) is 2. The molecule has 0 saturated carbocycles. The highest BCUT2D eigenvalue weighted by Crippen LogP contribution is 2.28. The molecule has 1 aliphatic heterocycles. The minimum Gasteiger partial charge on any atom is -0.508 e. The van der Waals surface area contributed by atoms with Crippen LogP contribution in [0.15, 0.2) is 55.3 Å².